The first kappa shape index (κ1) is 13.0. The zero-order chi connectivity index (χ0) is 13.6. The monoisotopic (exact) mass is 246 g/mol. The number of benzene rings is 1. The molecule has 0 unspecified atom stereocenters. The first-order chi connectivity index (χ1) is 8.18. The number of allylic oxidation sites excluding steroid dienone is 1. The van der Waals surface area contributed by atoms with Crippen LogP contribution in [0.15, 0.2) is 30.2 Å². The minimum atomic E-state index is -0.0462. The van der Waals surface area contributed by atoms with Crippen LogP contribution in [0.1, 0.15) is 47.1 Å². The maximum atomic E-state index is 5.97. The predicted molar refractivity (Wildman–Crippen MR) is 73.9 cm³/mol. The summed E-state index contributed by atoms with van der Waals surface area (Å²) in [5.41, 5.74) is 1.32. The Hall–Kier alpha value is -1.44. The maximum Gasteiger partial charge on any atom is 0.169 e. The number of ether oxygens (including phenoxy) is 2. The highest BCUT2D eigenvalue weighted by Gasteiger charge is 2.26. The molecule has 2 heteroatoms. The van der Waals surface area contributed by atoms with E-state index in [0.717, 1.165) is 17.3 Å². The highest BCUT2D eigenvalue weighted by atomic mass is 16.6. The van der Waals surface area contributed by atoms with E-state index in [9.17, 15) is 0 Å². The van der Waals surface area contributed by atoms with E-state index in [0.29, 0.717) is 0 Å². The van der Waals surface area contributed by atoms with Crippen LogP contribution in [0.3, 0.4) is 0 Å². The maximum absolute atomic E-state index is 5.97. The smallest absolute Gasteiger partial charge is 0.169 e. The molecular formula is C16H22O2. The van der Waals surface area contributed by atoms with Crippen LogP contribution in [-0.4, -0.2) is 0 Å². The quantitative estimate of drug-likeness (QED) is 0.663. The minimum Gasteiger partial charge on any atom is -0.458 e. The van der Waals surface area contributed by atoms with Crippen molar-refractivity contribution in [2.24, 2.45) is 5.41 Å². The molecule has 18 heavy (non-hydrogen) atoms. The fourth-order valence-electron chi connectivity index (χ4n) is 1.74. The average Bonchev–Trinajstić information content (AvgIpc) is 2.25. The van der Waals surface area contributed by atoms with E-state index in [2.05, 4.69) is 53.7 Å². The molecule has 2 nitrogen and oxygen atoms in total. The van der Waals surface area contributed by atoms with E-state index >= 15 is 0 Å². The highest BCUT2D eigenvalue weighted by molar-refractivity contribution is 5.47. The van der Waals surface area contributed by atoms with E-state index in [1.54, 1.807) is 6.26 Å². The topological polar surface area (TPSA) is 18.5 Å². The first-order valence-corrected chi connectivity index (χ1v) is 6.37. The van der Waals surface area contributed by atoms with Gasteiger partial charge in [-0.2, -0.15) is 0 Å². The Labute approximate surface area is 110 Å². The van der Waals surface area contributed by atoms with Crippen molar-refractivity contribution in [2.75, 3.05) is 0 Å². The molecule has 0 atom stereocenters. The van der Waals surface area contributed by atoms with Crippen molar-refractivity contribution < 1.29 is 9.47 Å². The minimum absolute atomic E-state index is 0.0462. The van der Waals surface area contributed by atoms with Crippen LogP contribution >= 0.6 is 0 Å². The van der Waals surface area contributed by atoms with E-state index in [1.807, 2.05) is 6.07 Å². The summed E-state index contributed by atoms with van der Waals surface area (Å²) in [5.74, 6) is 2.46. The average molecular weight is 246 g/mol. The highest BCUT2D eigenvalue weighted by Crippen LogP contribution is 2.40. The molecule has 0 bridgehead atoms. The van der Waals surface area contributed by atoms with Crippen LogP contribution in [0.5, 0.6) is 11.5 Å². The van der Waals surface area contributed by atoms with Gasteiger partial charge in [0, 0.05) is 5.41 Å². The molecule has 1 aliphatic heterocycles. The lowest BCUT2D eigenvalue weighted by molar-refractivity contribution is 0.242. The third-order valence-corrected chi connectivity index (χ3v) is 3.06. The second-order valence-corrected chi connectivity index (χ2v) is 6.86. The summed E-state index contributed by atoms with van der Waals surface area (Å²) in [7, 11) is 0. The van der Waals surface area contributed by atoms with Gasteiger partial charge >= 0.3 is 0 Å². The van der Waals surface area contributed by atoms with E-state index in [1.165, 1.54) is 5.56 Å². The zero-order valence-electron chi connectivity index (χ0n) is 12.1. The Morgan fingerprint density at radius 1 is 0.833 bits per heavy atom. The van der Waals surface area contributed by atoms with E-state index in [4.69, 9.17) is 9.47 Å². The normalized spacial score (nSPS) is 15.3. The van der Waals surface area contributed by atoms with E-state index < -0.39 is 0 Å². The lowest BCUT2D eigenvalue weighted by Gasteiger charge is -2.28. The molecule has 0 amide bonds. The molecular weight excluding hydrogens is 224 g/mol. The van der Waals surface area contributed by atoms with Crippen LogP contribution in [0.2, 0.25) is 0 Å². The summed E-state index contributed by atoms with van der Waals surface area (Å²) < 4.78 is 11.6. The van der Waals surface area contributed by atoms with Gasteiger partial charge in [-0.05, 0) is 23.1 Å². The molecule has 0 saturated carbocycles. The van der Waals surface area contributed by atoms with Crippen LogP contribution in [-0.2, 0) is 5.41 Å². The molecule has 1 aliphatic rings. The van der Waals surface area contributed by atoms with Gasteiger partial charge < -0.3 is 9.47 Å². The van der Waals surface area contributed by atoms with Crippen LogP contribution < -0.4 is 9.47 Å². The number of hydrogen-bond donors (Lipinski definition) is 0. The van der Waals surface area contributed by atoms with Crippen molar-refractivity contribution in [2.45, 2.75) is 47.0 Å². The van der Waals surface area contributed by atoms with Gasteiger partial charge in [-0.1, -0.05) is 47.6 Å². The van der Waals surface area contributed by atoms with Gasteiger partial charge in [-0.25, -0.2) is 0 Å². The summed E-state index contributed by atoms with van der Waals surface area (Å²) >= 11 is 0. The van der Waals surface area contributed by atoms with Crippen molar-refractivity contribution in [3.63, 3.8) is 0 Å². The van der Waals surface area contributed by atoms with Gasteiger partial charge in [0.05, 0.1) is 0 Å². The molecule has 0 aromatic heterocycles. The van der Waals surface area contributed by atoms with Gasteiger partial charge in [-0.3, -0.25) is 0 Å². The Morgan fingerprint density at radius 3 is 2.06 bits per heavy atom. The fourth-order valence-corrected chi connectivity index (χ4v) is 1.74. The molecule has 1 aromatic carbocycles. The number of hydrogen-bond acceptors (Lipinski definition) is 2. The summed E-state index contributed by atoms with van der Waals surface area (Å²) in [5, 5.41) is 0. The summed E-state index contributed by atoms with van der Waals surface area (Å²) in [6, 6.07) is 6.15. The Balaban J connectivity index is 2.35. The van der Waals surface area contributed by atoms with Crippen molar-refractivity contribution in [3.8, 4) is 11.5 Å². The van der Waals surface area contributed by atoms with Gasteiger partial charge in [0.25, 0.3) is 0 Å². The Bertz CT molecular complexity index is 485. The molecule has 0 fully saturated rings. The summed E-state index contributed by atoms with van der Waals surface area (Å²) in [4.78, 5) is 0. The molecule has 2 rings (SSSR count). The third kappa shape index (κ3) is 2.53. The van der Waals surface area contributed by atoms with E-state index in [-0.39, 0.29) is 10.8 Å². The summed E-state index contributed by atoms with van der Waals surface area (Å²) in [6.07, 6.45) is 1.71. The number of fused-ring (bicyclic) bond motifs is 1. The van der Waals surface area contributed by atoms with Gasteiger partial charge in [0.15, 0.2) is 11.5 Å². The van der Waals surface area contributed by atoms with Gasteiger partial charge in [-0.15, -0.1) is 0 Å². The van der Waals surface area contributed by atoms with Gasteiger partial charge in [0.1, 0.15) is 12.0 Å². The third-order valence-electron chi connectivity index (χ3n) is 3.06. The van der Waals surface area contributed by atoms with Crippen molar-refractivity contribution in [3.05, 3.63) is 35.8 Å². The Morgan fingerprint density at radius 2 is 1.50 bits per heavy atom. The molecule has 0 N–H and O–H groups in total. The van der Waals surface area contributed by atoms with Crippen molar-refractivity contribution in [1.82, 2.24) is 0 Å². The first-order valence-electron chi connectivity index (χ1n) is 6.37. The van der Waals surface area contributed by atoms with Crippen LogP contribution in [0.4, 0.5) is 0 Å². The SMILES string of the molecule is CC(C)(C)C1=COc2ccc(C(C)(C)C)cc2O1. The Kier molecular flexibility index (Phi) is 2.92. The molecule has 1 aromatic rings. The second-order valence-electron chi connectivity index (χ2n) is 6.86. The fraction of sp³-hybridized carbons (Fsp3) is 0.500. The largest absolute Gasteiger partial charge is 0.458 e. The van der Waals surface area contributed by atoms with Crippen LogP contribution in [0.25, 0.3) is 0 Å². The lowest BCUT2D eigenvalue weighted by Crippen LogP contribution is -2.19. The van der Waals surface area contributed by atoms with Crippen molar-refractivity contribution >= 4 is 0 Å². The van der Waals surface area contributed by atoms with Crippen molar-refractivity contribution in [1.29, 1.82) is 0 Å². The second kappa shape index (κ2) is 4.04. The van der Waals surface area contributed by atoms with Crippen LogP contribution in [0, 0.1) is 5.41 Å². The summed E-state index contributed by atoms with van der Waals surface area (Å²) in [6.45, 7) is 12.9. The van der Waals surface area contributed by atoms with Gasteiger partial charge in [0.2, 0.25) is 0 Å². The predicted octanol–water partition coefficient (Wildman–Crippen LogP) is 4.64. The molecule has 0 saturated heterocycles. The molecule has 1 heterocycles. The zero-order valence-corrected chi connectivity index (χ0v) is 12.1. The molecule has 0 radical (unpaired) electrons. The molecule has 98 valence electrons. The number of rotatable bonds is 0. The standard InChI is InChI=1S/C16H22O2/c1-15(2,3)11-7-8-12-13(9-11)18-14(10-17-12)16(4,5)6/h7-10H,1-6H3. The molecule has 0 aliphatic carbocycles. The lowest BCUT2D eigenvalue weighted by atomic mass is 9.87. The molecule has 0 spiro atoms.